The summed E-state index contributed by atoms with van der Waals surface area (Å²) >= 11 is 0. The van der Waals surface area contributed by atoms with Crippen molar-refractivity contribution < 1.29 is 14.6 Å². The Bertz CT molecular complexity index is 949. The number of phenols is 1. The van der Waals surface area contributed by atoms with Crippen LogP contribution < -0.4 is 0 Å². The summed E-state index contributed by atoms with van der Waals surface area (Å²) in [5.41, 5.74) is 2.48. The standard InChI is InChI=1S/C21H21N3O3/c25-19-9-2-1-5-15(19)13-24(14-16-6-4-12-27-16)21(26)17-7-3-8-18-20(17)23-11-10-22-18/h1-3,5,7-11,16,25H,4,6,12-14H2. The number of benzene rings is 2. The van der Waals surface area contributed by atoms with Crippen molar-refractivity contribution in [2.45, 2.75) is 25.5 Å². The van der Waals surface area contributed by atoms with Crippen molar-refractivity contribution in [3.63, 3.8) is 0 Å². The molecular weight excluding hydrogens is 342 g/mol. The molecule has 6 nitrogen and oxygen atoms in total. The van der Waals surface area contributed by atoms with Crippen molar-refractivity contribution >= 4 is 16.9 Å². The van der Waals surface area contributed by atoms with Crippen LogP contribution in [0.1, 0.15) is 28.8 Å². The molecule has 0 spiro atoms. The maximum atomic E-state index is 13.4. The fourth-order valence-corrected chi connectivity index (χ4v) is 3.44. The van der Waals surface area contributed by atoms with E-state index in [2.05, 4.69) is 9.97 Å². The number of amides is 1. The van der Waals surface area contributed by atoms with E-state index in [0.29, 0.717) is 35.2 Å². The summed E-state index contributed by atoms with van der Waals surface area (Å²) in [4.78, 5) is 23.8. The molecule has 0 radical (unpaired) electrons. The third-order valence-corrected chi connectivity index (χ3v) is 4.82. The first-order chi connectivity index (χ1) is 13.2. The first-order valence-corrected chi connectivity index (χ1v) is 9.10. The lowest BCUT2D eigenvalue weighted by molar-refractivity contribution is 0.0507. The lowest BCUT2D eigenvalue weighted by atomic mass is 10.1. The number of aromatic hydroxyl groups is 1. The van der Waals surface area contributed by atoms with Crippen molar-refractivity contribution in [1.82, 2.24) is 14.9 Å². The van der Waals surface area contributed by atoms with Gasteiger partial charge in [0, 0.05) is 37.7 Å². The molecule has 1 atom stereocenters. The monoisotopic (exact) mass is 363 g/mol. The first kappa shape index (κ1) is 17.4. The first-order valence-electron chi connectivity index (χ1n) is 9.10. The molecule has 1 N–H and O–H groups in total. The maximum absolute atomic E-state index is 13.4. The lowest BCUT2D eigenvalue weighted by Crippen LogP contribution is -2.37. The van der Waals surface area contributed by atoms with Crippen molar-refractivity contribution in [2.75, 3.05) is 13.2 Å². The molecule has 1 aromatic heterocycles. The number of ether oxygens (including phenoxy) is 1. The zero-order valence-corrected chi connectivity index (χ0v) is 14.9. The van der Waals surface area contributed by atoms with Crippen LogP contribution in [0.5, 0.6) is 5.75 Å². The Morgan fingerprint density at radius 1 is 1.15 bits per heavy atom. The van der Waals surface area contributed by atoms with Gasteiger partial charge in [0.1, 0.15) is 11.3 Å². The number of phenolic OH excluding ortho intramolecular Hbond substituents is 1. The van der Waals surface area contributed by atoms with E-state index in [0.717, 1.165) is 19.4 Å². The van der Waals surface area contributed by atoms with E-state index in [1.54, 1.807) is 35.5 Å². The zero-order chi connectivity index (χ0) is 18.6. The normalized spacial score (nSPS) is 16.5. The number of fused-ring (bicyclic) bond motifs is 1. The predicted octanol–water partition coefficient (Wildman–Crippen LogP) is 3.16. The summed E-state index contributed by atoms with van der Waals surface area (Å²) < 4.78 is 5.74. The molecule has 0 saturated carbocycles. The summed E-state index contributed by atoms with van der Waals surface area (Å²) in [6.45, 7) is 1.51. The fourth-order valence-electron chi connectivity index (χ4n) is 3.44. The highest BCUT2D eigenvalue weighted by Crippen LogP contribution is 2.23. The van der Waals surface area contributed by atoms with Gasteiger partial charge in [0.2, 0.25) is 0 Å². The highest BCUT2D eigenvalue weighted by Gasteiger charge is 2.25. The Balaban J connectivity index is 1.68. The fraction of sp³-hybridized carbons (Fsp3) is 0.286. The minimum absolute atomic E-state index is 0.0147. The van der Waals surface area contributed by atoms with Gasteiger partial charge in [-0.25, -0.2) is 0 Å². The van der Waals surface area contributed by atoms with E-state index in [9.17, 15) is 9.90 Å². The third kappa shape index (κ3) is 3.75. The number of carbonyl (C=O) groups is 1. The molecule has 1 aliphatic rings. The van der Waals surface area contributed by atoms with Crippen molar-refractivity contribution in [1.29, 1.82) is 0 Å². The Morgan fingerprint density at radius 2 is 2.00 bits per heavy atom. The highest BCUT2D eigenvalue weighted by molar-refractivity contribution is 6.04. The molecule has 6 heteroatoms. The van der Waals surface area contributed by atoms with Gasteiger partial charge < -0.3 is 14.7 Å². The van der Waals surface area contributed by atoms with E-state index >= 15 is 0 Å². The van der Waals surface area contributed by atoms with Crippen molar-refractivity contribution in [2.24, 2.45) is 0 Å². The van der Waals surface area contributed by atoms with Gasteiger partial charge in [0.25, 0.3) is 5.91 Å². The van der Waals surface area contributed by atoms with Crippen LogP contribution in [0.4, 0.5) is 0 Å². The summed E-state index contributed by atoms with van der Waals surface area (Å²) in [5, 5.41) is 10.2. The zero-order valence-electron chi connectivity index (χ0n) is 14.9. The molecule has 4 rings (SSSR count). The smallest absolute Gasteiger partial charge is 0.256 e. The van der Waals surface area contributed by atoms with Crippen molar-refractivity contribution in [3.05, 3.63) is 66.0 Å². The second-order valence-electron chi connectivity index (χ2n) is 6.68. The molecule has 3 aromatic rings. The molecule has 0 bridgehead atoms. The van der Waals surface area contributed by atoms with Crippen LogP contribution in [0.3, 0.4) is 0 Å². The number of rotatable bonds is 5. The number of hydrogen-bond donors (Lipinski definition) is 1. The van der Waals surface area contributed by atoms with Crippen LogP contribution in [0, 0.1) is 0 Å². The number of nitrogens with zero attached hydrogens (tertiary/aromatic N) is 3. The lowest BCUT2D eigenvalue weighted by Gasteiger charge is -2.26. The number of aromatic nitrogens is 2. The maximum Gasteiger partial charge on any atom is 0.256 e. The van der Waals surface area contributed by atoms with Crippen LogP contribution in [0.25, 0.3) is 11.0 Å². The number of hydrogen-bond acceptors (Lipinski definition) is 5. The summed E-state index contributed by atoms with van der Waals surface area (Å²) in [7, 11) is 0. The van der Waals surface area contributed by atoms with Gasteiger partial charge >= 0.3 is 0 Å². The molecule has 1 amide bonds. The average Bonchev–Trinajstić information content (AvgIpc) is 3.21. The Hall–Kier alpha value is -2.99. The van der Waals surface area contributed by atoms with Gasteiger partial charge in [-0.3, -0.25) is 14.8 Å². The second kappa shape index (κ2) is 7.72. The van der Waals surface area contributed by atoms with Gasteiger partial charge in [-0.1, -0.05) is 24.3 Å². The second-order valence-corrected chi connectivity index (χ2v) is 6.68. The van der Waals surface area contributed by atoms with E-state index in [-0.39, 0.29) is 17.8 Å². The molecule has 138 valence electrons. The SMILES string of the molecule is O=C(c1cccc2nccnc12)N(Cc1ccccc1O)CC1CCCO1. The molecular formula is C21H21N3O3. The van der Waals surface area contributed by atoms with E-state index in [1.165, 1.54) is 0 Å². The molecule has 1 saturated heterocycles. The van der Waals surface area contributed by atoms with Crippen LogP contribution >= 0.6 is 0 Å². The Labute approximate surface area is 157 Å². The minimum Gasteiger partial charge on any atom is -0.508 e. The van der Waals surface area contributed by atoms with Gasteiger partial charge in [-0.2, -0.15) is 0 Å². The third-order valence-electron chi connectivity index (χ3n) is 4.82. The minimum atomic E-state index is -0.139. The van der Waals surface area contributed by atoms with E-state index < -0.39 is 0 Å². The van der Waals surface area contributed by atoms with E-state index in [1.807, 2.05) is 24.3 Å². The van der Waals surface area contributed by atoms with Gasteiger partial charge in [-0.05, 0) is 31.0 Å². The van der Waals surface area contributed by atoms with Crippen LogP contribution in [0.2, 0.25) is 0 Å². The molecule has 0 aliphatic carbocycles. The van der Waals surface area contributed by atoms with Crippen LogP contribution in [-0.2, 0) is 11.3 Å². The van der Waals surface area contributed by atoms with Gasteiger partial charge in [0.05, 0.1) is 17.2 Å². The molecule has 2 heterocycles. The highest BCUT2D eigenvalue weighted by atomic mass is 16.5. The van der Waals surface area contributed by atoms with Crippen LogP contribution in [0.15, 0.2) is 54.9 Å². The molecule has 2 aromatic carbocycles. The molecule has 1 aliphatic heterocycles. The van der Waals surface area contributed by atoms with Crippen molar-refractivity contribution in [3.8, 4) is 5.75 Å². The summed E-state index contributed by atoms with van der Waals surface area (Å²) in [5.74, 6) is 0.0419. The van der Waals surface area contributed by atoms with Gasteiger partial charge in [-0.15, -0.1) is 0 Å². The molecule has 1 fully saturated rings. The summed E-state index contributed by atoms with van der Waals surface area (Å²) in [6, 6.07) is 12.5. The number of carbonyl (C=O) groups excluding carboxylic acids is 1. The van der Waals surface area contributed by atoms with E-state index in [4.69, 9.17) is 4.74 Å². The Morgan fingerprint density at radius 3 is 2.81 bits per heavy atom. The topological polar surface area (TPSA) is 75.6 Å². The average molecular weight is 363 g/mol. The van der Waals surface area contributed by atoms with Gasteiger partial charge in [0.15, 0.2) is 0 Å². The summed E-state index contributed by atoms with van der Waals surface area (Å²) in [6.07, 6.45) is 5.15. The molecule has 1 unspecified atom stereocenters. The van der Waals surface area contributed by atoms with Crippen LogP contribution in [-0.4, -0.2) is 45.1 Å². The molecule has 27 heavy (non-hydrogen) atoms. The number of para-hydroxylation sites is 2. The largest absolute Gasteiger partial charge is 0.508 e. The Kier molecular flexibility index (Phi) is 4.98. The quantitative estimate of drug-likeness (QED) is 0.754. The predicted molar refractivity (Wildman–Crippen MR) is 101 cm³/mol.